The number of hydrogen-bond acceptors (Lipinski definition) is 2. The largest absolute Gasteiger partial charge is 0.338 e. The second kappa shape index (κ2) is 5.27. The summed E-state index contributed by atoms with van der Waals surface area (Å²) in [5.41, 5.74) is 2.77. The molecule has 1 aromatic rings. The van der Waals surface area contributed by atoms with Crippen LogP contribution in [0.4, 0.5) is 5.69 Å². The van der Waals surface area contributed by atoms with E-state index in [-0.39, 0.29) is 11.8 Å². The van der Waals surface area contributed by atoms with E-state index in [0.717, 1.165) is 24.2 Å². The minimum atomic E-state index is -0.415. The predicted molar refractivity (Wildman–Crippen MR) is 79.3 cm³/mol. The molecule has 0 radical (unpaired) electrons. The molecule has 108 valence electrons. The van der Waals surface area contributed by atoms with Gasteiger partial charge >= 0.3 is 0 Å². The lowest BCUT2D eigenvalue weighted by Crippen LogP contribution is -2.34. The van der Waals surface area contributed by atoms with Gasteiger partial charge in [-0.1, -0.05) is 26.8 Å². The highest BCUT2D eigenvalue weighted by Gasteiger charge is 2.22. The van der Waals surface area contributed by atoms with Gasteiger partial charge in [-0.2, -0.15) is 0 Å². The first-order valence-corrected chi connectivity index (χ1v) is 6.96. The fourth-order valence-corrected chi connectivity index (χ4v) is 2.22. The van der Waals surface area contributed by atoms with E-state index < -0.39 is 5.41 Å². The lowest BCUT2D eigenvalue weighted by atomic mass is 9.95. The molecule has 1 aliphatic rings. The highest BCUT2D eigenvalue weighted by atomic mass is 16.2. The van der Waals surface area contributed by atoms with Gasteiger partial charge in [-0.25, -0.2) is 0 Å². The summed E-state index contributed by atoms with van der Waals surface area (Å²) >= 11 is 0. The standard InChI is InChI=1S/C16H22N2O2/c1-11(19)18-8-7-12-5-6-14(9-13(12)10-18)17-15(20)16(2,3)4/h5-6,9H,7-8,10H2,1-4H3,(H,17,20). The number of fused-ring (bicyclic) bond motifs is 1. The van der Waals surface area contributed by atoms with Gasteiger partial charge in [0.15, 0.2) is 0 Å². The number of carbonyl (C=O) groups excluding carboxylic acids is 2. The van der Waals surface area contributed by atoms with E-state index >= 15 is 0 Å². The summed E-state index contributed by atoms with van der Waals surface area (Å²) in [4.78, 5) is 25.3. The highest BCUT2D eigenvalue weighted by molar-refractivity contribution is 5.94. The SMILES string of the molecule is CC(=O)N1CCc2ccc(NC(=O)C(C)(C)C)cc2C1. The van der Waals surface area contributed by atoms with Gasteiger partial charge in [0, 0.05) is 31.1 Å². The van der Waals surface area contributed by atoms with E-state index in [0.29, 0.717) is 6.54 Å². The van der Waals surface area contributed by atoms with Gasteiger partial charge in [0.05, 0.1) is 0 Å². The number of rotatable bonds is 1. The van der Waals surface area contributed by atoms with Gasteiger partial charge < -0.3 is 10.2 Å². The lowest BCUT2D eigenvalue weighted by molar-refractivity contribution is -0.129. The van der Waals surface area contributed by atoms with Crippen molar-refractivity contribution in [2.24, 2.45) is 5.41 Å². The normalized spacial score (nSPS) is 14.7. The van der Waals surface area contributed by atoms with Gasteiger partial charge in [0.2, 0.25) is 11.8 Å². The molecule has 0 bridgehead atoms. The molecule has 0 atom stereocenters. The Balaban J connectivity index is 2.17. The Bertz CT molecular complexity index is 544. The molecule has 0 unspecified atom stereocenters. The third-order valence-corrected chi connectivity index (χ3v) is 3.60. The van der Waals surface area contributed by atoms with Crippen LogP contribution in [0.2, 0.25) is 0 Å². The van der Waals surface area contributed by atoms with E-state index in [2.05, 4.69) is 5.32 Å². The molecule has 1 aromatic carbocycles. The van der Waals surface area contributed by atoms with Crippen LogP contribution < -0.4 is 5.32 Å². The van der Waals surface area contributed by atoms with Gasteiger partial charge in [-0.15, -0.1) is 0 Å². The number of carbonyl (C=O) groups is 2. The van der Waals surface area contributed by atoms with Crippen molar-refractivity contribution < 1.29 is 9.59 Å². The average molecular weight is 274 g/mol. The maximum atomic E-state index is 12.0. The predicted octanol–water partition coefficient (Wildman–Crippen LogP) is 2.58. The fourth-order valence-electron chi connectivity index (χ4n) is 2.22. The molecule has 1 N–H and O–H groups in total. The molecule has 0 spiro atoms. The van der Waals surface area contributed by atoms with Gasteiger partial charge in [-0.3, -0.25) is 9.59 Å². The molecule has 1 aliphatic heterocycles. The number of benzene rings is 1. The second-order valence-corrected chi connectivity index (χ2v) is 6.38. The minimum Gasteiger partial charge on any atom is -0.338 e. The summed E-state index contributed by atoms with van der Waals surface area (Å²) in [6, 6.07) is 5.96. The van der Waals surface area contributed by atoms with Crippen molar-refractivity contribution >= 4 is 17.5 Å². The third-order valence-electron chi connectivity index (χ3n) is 3.60. The molecular weight excluding hydrogens is 252 g/mol. The first-order valence-electron chi connectivity index (χ1n) is 6.96. The van der Waals surface area contributed by atoms with E-state index in [1.807, 2.05) is 43.9 Å². The first-order chi connectivity index (χ1) is 9.27. The summed E-state index contributed by atoms with van der Waals surface area (Å²) in [6.07, 6.45) is 0.877. The van der Waals surface area contributed by atoms with Gasteiger partial charge in [0.1, 0.15) is 0 Å². The van der Waals surface area contributed by atoms with E-state index in [1.54, 1.807) is 6.92 Å². The zero-order valence-electron chi connectivity index (χ0n) is 12.6. The number of amides is 2. The monoisotopic (exact) mass is 274 g/mol. The summed E-state index contributed by atoms with van der Waals surface area (Å²) < 4.78 is 0. The molecule has 0 saturated heterocycles. The lowest BCUT2D eigenvalue weighted by Gasteiger charge is -2.28. The van der Waals surface area contributed by atoms with Crippen molar-refractivity contribution in [1.29, 1.82) is 0 Å². The Morgan fingerprint density at radius 3 is 2.50 bits per heavy atom. The zero-order valence-corrected chi connectivity index (χ0v) is 12.6. The maximum absolute atomic E-state index is 12.0. The van der Waals surface area contributed by atoms with Gasteiger partial charge in [-0.05, 0) is 29.7 Å². The average Bonchev–Trinajstić information content (AvgIpc) is 2.36. The molecule has 1 heterocycles. The maximum Gasteiger partial charge on any atom is 0.229 e. The number of nitrogens with one attached hydrogen (secondary N) is 1. The smallest absolute Gasteiger partial charge is 0.229 e. The van der Waals surface area contributed by atoms with E-state index in [1.165, 1.54) is 5.56 Å². The van der Waals surface area contributed by atoms with Crippen LogP contribution in [-0.2, 0) is 22.6 Å². The highest BCUT2D eigenvalue weighted by Crippen LogP contribution is 2.24. The zero-order chi connectivity index (χ0) is 14.9. The van der Waals surface area contributed by atoms with Crippen molar-refractivity contribution in [1.82, 2.24) is 4.90 Å². The molecule has 2 amide bonds. The van der Waals surface area contributed by atoms with Crippen molar-refractivity contribution in [2.75, 3.05) is 11.9 Å². The molecule has 0 fully saturated rings. The summed E-state index contributed by atoms with van der Waals surface area (Å²) in [5.74, 6) is 0.0939. The van der Waals surface area contributed by atoms with E-state index in [4.69, 9.17) is 0 Å². The van der Waals surface area contributed by atoms with Crippen molar-refractivity contribution in [3.63, 3.8) is 0 Å². The van der Waals surface area contributed by atoms with E-state index in [9.17, 15) is 9.59 Å². The number of anilines is 1. The van der Waals surface area contributed by atoms with Crippen molar-refractivity contribution in [2.45, 2.75) is 40.7 Å². The van der Waals surface area contributed by atoms with Crippen LogP contribution in [0.15, 0.2) is 18.2 Å². The Labute approximate surface area is 120 Å². The molecule has 20 heavy (non-hydrogen) atoms. The topological polar surface area (TPSA) is 49.4 Å². The summed E-state index contributed by atoms with van der Waals surface area (Å²) in [5, 5.41) is 2.93. The van der Waals surface area contributed by atoms with Crippen LogP contribution in [0.25, 0.3) is 0 Å². The third kappa shape index (κ3) is 3.18. The Morgan fingerprint density at radius 1 is 1.20 bits per heavy atom. The van der Waals surface area contributed by atoms with Crippen LogP contribution in [0.3, 0.4) is 0 Å². The van der Waals surface area contributed by atoms with Crippen LogP contribution in [0, 0.1) is 5.41 Å². The summed E-state index contributed by atoms with van der Waals surface area (Å²) in [7, 11) is 0. The van der Waals surface area contributed by atoms with Crippen molar-refractivity contribution in [3.8, 4) is 0 Å². The molecule has 2 rings (SSSR count). The fraction of sp³-hybridized carbons (Fsp3) is 0.500. The Kier molecular flexibility index (Phi) is 3.84. The van der Waals surface area contributed by atoms with Crippen molar-refractivity contribution in [3.05, 3.63) is 29.3 Å². The van der Waals surface area contributed by atoms with Crippen LogP contribution >= 0.6 is 0 Å². The molecule has 0 saturated carbocycles. The Morgan fingerprint density at radius 2 is 1.90 bits per heavy atom. The molecular formula is C16H22N2O2. The number of nitrogens with zero attached hydrogens (tertiary/aromatic N) is 1. The Hall–Kier alpha value is -1.84. The molecule has 0 aromatic heterocycles. The quantitative estimate of drug-likeness (QED) is 0.855. The van der Waals surface area contributed by atoms with Crippen LogP contribution in [0.1, 0.15) is 38.8 Å². The van der Waals surface area contributed by atoms with Crippen LogP contribution in [-0.4, -0.2) is 23.3 Å². The van der Waals surface area contributed by atoms with Gasteiger partial charge in [0.25, 0.3) is 0 Å². The first kappa shape index (κ1) is 14.6. The minimum absolute atomic E-state index is 0.00307. The number of hydrogen-bond donors (Lipinski definition) is 1. The summed E-state index contributed by atoms with van der Waals surface area (Å²) in [6.45, 7) is 8.66. The molecule has 4 nitrogen and oxygen atoms in total. The van der Waals surface area contributed by atoms with Crippen LogP contribution in [0.5, 0.6) is 0 Å². The second-order valence-electron chi connectivity index (χ2n) is 6.38. The molecule has 4 heteroatoms. The molecule has 0 aliphatic carbocycles.